The number of tetrazole rings is 1. The van der Waals surface area contributed by atoms with Gasteiger partial charge in [0.2, 0.25) is 0 Å². The summed E-state index contributed by atoms with van der Waals surface area (Å²) in [7, 11) is 0. The third-order valence-electron chi connectivity index (χ3n) is 6.32. The molecule has 1 atom stereocenters. The van der Waals surface area contributed by atoms with Gasteiger partial charge in [-0.2, -0.15) is 0 Å². The maximum absolute atomic E-state index is 6.17. The molecule has 0 radical (unpaired) electrons. The number of benzene rings is 2. The Morgan fingerprint density at radius 2 is 1.82 bits per heavy atom. The summed E-state index contributed by atoms with van der Waals surface area (Å²) in [4.78, 5) is 6.98. The van der Waals surface area contributed by atoms with Crippen molar-refractivity contribution in [1.29, 1.82) is 0 Å². The third kappa shape index (κ3) is 4.63. The molecular weight excluding hydrogens is 446 g/mol. The fourth-order valence-corrected chi connectivity index (χ4v) is 4.88. The molecule has 5 rings (SSSR count). The lowest BCUT2D eigenvalue weighted by Gasteiger charge is -2.35. The molecule has 4 aromatic rings. The fourth-order valence-electron chi connectivity index (χ4n) is 4.71. The van der Waals surface area contributed by atoms with Gasteiger partial charge in [-0.15, -0.1) is 5.10 Å². The summed E-state index contributed by atoms with van der Waals surface area (Å²) in [6, 6.07) is 16.3. The van der Waals surface area contributed by atoms with Crippen LogP contribution < -0.4 is 5.32 Å². The van der Waals surface area contributed by atoms with Crippen LogP contribution in [0.3, 0.4) is 0 Å². The van der Waals surface area contributed by atoms with E-state index < -0.39 is 0 Å². The second-order valence-electron chi connectivity index (χ2n) is 9.89. The summed E-state index contributed by atoms with van der Waals surface area (Å²) in [5, 5.41) is 18.2. The van der Waals surface area contributed by atoms with Crippen LogP contribution in [0.25, 0.3) is 10.9 Å². The fraction of sp³-hybridized carbons (Fsp3) is 0.385. The summed E-state index contributed by atoms with van der Waals surface area (Å²) >= 11 is 6.17. The van der Waals surface area contributed by atoms with Crippen molar-refractivity contribution in [2.45, 2.75) is 51.6 Å². The first kappa shape index (κ1) is 22.7. The average molecular weight is 476 g/mol. The van der Waals surface area contributed by atoms with Gasteiger partial charge in [-0.05, 0) is 99.1 Å². The monoisotopic (exact) mass is 475 g/mol. The number of hydrogen-bond acceptors (Lipinski definition) is 6. The molecule has 0 bridgehead atoms. The number of nitrogens with one attached hydrogen (secondary N) is 1. The van der Waals surface area contributed by atoms with E-state index in [2.05, 4.69) is 75.8 Å². The number of aromatic nitrogens is 5. The molecular formula is C26H30ClN7. The second-order valence-corrected chi connectivity index (χ2v) is 10.3. The highest BCUT2D eigenvalue weighted by atomic mass is 35.5. The minimum atomic E-state index is -0.208. The van der Waals surface area contributed by atoms with E-state index in [9.17, 15) is 0 Å². The SMILES string of the molecule is CC(C)(C)n1nnnc1C(c1cccc(Nc2ccnc3cc(Cl)ccc23)c1)N1CCCCC1. The molecule has 0 amide bonds. The lowest BCUT2D eigenvalue weighted by Crippen LogP contribution is -2.38. The molecule has 1 aliphatic heterocycles. The summed E-state index contributed by atoms with van der Waals surface area (Å²) in [6.07, 6.45) is 5.46. The minimum Gasteiger partial charge on any atom is -0.355 e. The topological polar surface area (TPSA) is 71.8 Å². The van der Waals surface area contributed by atoms with Gasteiger partial charge in [0.15, 0.2) is 5.82 Å². The average Bonchev–Trinajstić information content (AvgIpc) is 3.30. The number of nitrogens with zero attached hydrogens (tertiary/aromatic N) is 6. The molecule has 0 aliphatic carbocycles. The van der Waals surface area contributed by atoms with E-state index >= 15 is 0 Å². The predicted octanol–water partition coefficient (Wildman–Crippen LogP) is 5.95. The normalized spacial score (nSPS) is 16.0. The molecule has 1 N–H and O–H groups in total. The van der Waals surface area contributed by atoms with Crippen molar-refractivity contribution in [2.24, 2.45) is 0 Å². The lowest BCUT2D eigenvalue weighted by atomic mass is 9.99. The van der Waals surface area contributed by atoms with Gasteiger partial charge in [0.05, 0.1) is 17.1 Å². The Hall–Kier alpha value is -3.03. The van der Waals surface area contributed by atoms with Crippen molar-refractivity contribution in [3.05, 3.63) is 71.1 Å². The summed E-state index contributed by atoms with van der Waals surface area (Å²) in [6.45, 7) is 8.49. The van der Waals surface area contributed by atoms with E-state index in [0.717, 1.165) is 41.2 Å². The van der Waals surface area contributed by atoms with Gasteiger partial charge in [-0.25, -0.2) is 4.68 Å². The Morgan fingerprint density at radius 1 is 1.00 bits per heavy atom. The Balaban J connectivity index is 1.54. The van der Waals surface area contributed by atoms with Crippen LogP contribution >= 0.6 is 11.6 Å². The third-order valence-corrected chi connectivity index (χ3v) is 6.55. The molecule has 176 valence electrons. The van der Waals surface area contributed by atoms with Crippen LogP contribution in [-0.4, -0.2) is 43.2 Å². The standard InChI is InChI=1S/C26H30ClN7/c1-26(2,3)34-25(30-31-32-34)24(33-14-5-4-6-15-33)18-8-7-9-20(16-18)29-22-12-13-28-23-17-19(27)10-11-21(22)23/h7-13,16-17,24H,4-6,14-15H2,1-3H3,(H,28,29). The van der Waals surface area contributed by atoms with Crippen LogP contribution in [0.15, 0.2) is 54.7 Å². The lowest BCUT2D eigenvalue weighted by molar-refractivity contribution is 0.170. The van der Waals surface area contributed by atoms with Gasteiger partial charge >= 0.3 is 0 Å². The molecule has 1 saturated heterocycles. The molecule has 1 fully saturated rings. The first-order valence-corrected chi connectivity index (χ1v) is 12.2. The van der Waals surface area contributed by atoms with Gasteiger partial charge in [0, 0.05) is 28.0 Å². The van der Waals surface area contributed by atoms with E-state index in [4.69, 9.17) is 11.6 Å². The van der Waals surface area contributed by atoms with Gasteiger partial charge in [-0.1, -0.05) is 30.2 Å². The molecule has 1 aliphatic rings. The number of halogens is 1. The Morgan fingerprint density at radius 3 is 2.62 bits per heavy atom. The van der Waals surface area contributed by atoms with E-state index in [-0.39, 0.29) is 11.6 Å². The zero-order chi connectivity index (χ0) is 23.7. The van der Waals surface area contributed by atoms with Crippen LogP contribution in [0.5, 0.6) is 0 Å². The molecule has 2 aromatic carbocycles. The molecule has 8 heteroatoms. The van der Waals surface area contributed by atoms with Gasteiger partial charge in [-0.3, -0.25) is 9.88 Å². The van der Waals surface area contributed by atoms with Crippen molar-refractivity contribution in [1.82, 2.24) is 30.1 Å². The van der Waals surface area contributed by atoms with Crippen molar-refractivity contribution >= 4 is 33.9 Å². The molecule has 0 spiro atoms. The highest BCUT2D eigenvalue weighted by Gasteiger charge is 2.32. The quantitative estimate of drug-likeness (QED) is 0.384. The maximum Gasteiger partial charge on any atom is 0.173 e. The van der Waals surface area contributed by atoms with Crippen molar-refractivity contribution in [2.75, 3.05) is 18.4 Å². The maximum atomic E-state index is 6.17. The van der Waals surface area contributed by atoms with Crippen LogP contribution in [-0.2, 0) is 5.54 Å². The van der Waals surface area contributed by atoms with E-state index in [1.807, 2.05) is 28.9 Å². The Labute approximate surface area is 205 Å². The number of likely N-dealkylation sites (tertiary alicyclic amines) is 1. The first-order valence-electron chi connectivity index (χ1n) is 11.8. The van der Waals surface area contributed by atoms with E-state index in [1.165, 1.54) is 24.8 Å². The van der Waals surface area contributed by atoms with Gasteiger partial charge < -0.3 is 5.32 Å². The first-order chi connectivity index (χ1) is 16.4. The van der Waals surface area contributed by atoms with Gasteiger partial charge in [0.1, 0.15) is 0 Å². The molecule has 34 heavy (non-hydrogen) atoms. The summed E-state index contributed by atoms with van der Waals surface area (Å²) in [5.41, 5.74) is 3.84. The molecule has 2 aromatic heterocycles. The predicted molar refractivity (Wildman–Crippen MR) is 137 cm³/mol. The smallest absolute Gasteiger partial charge is 0.173 e. The highest BCUT2D eigenvalue weighted by molar-refractivity contribution is 6.31. The van der Waals surface area contributed by atoms with E-state index in [0.29, 0.717) is 5.02 Å². The number of piperidine rings is 1. The summed E-state index contributed by atoms with van der Waals surface area (Å²) in [5.74, 6) is 0.885. The largest absolute Gasteiger partial charge is 0.355 e. The van der Waals surface area contributed by atoms with Crippen LogP contribution in [0.1, 0.15) is 57.5 Å². The number of fused-ring (bicyclic) bond motifs is 1. The zero-order valence-electron chi connectivity index (χ0n) is 19.9. The van der Waals surface area contributed by atoms with Gasteiger partial charge in [0.25, 0.3) is 0 Å². The van der Waals surface area contributed by atoms with Crippen molar-refractivity contribution in [3.63, 3.8) is 0 Å². The van der Waals surface area contributed by atoms with Crippen LogP contribution in [0, 0.1) is 0 Å². The number of anilines is 2. The summed E-state index contributed by atoms with van der Waals surface area (Å²) < 4.78 is 1.96. The van der Waals surface area contributed by atoms with Crippen LogP contribution in [0.2, 0.25) is 5.02 Å². The number of rotatable bonds is 5. The van der Waals surface area contributed by atoms with Crippen molar-refractivity contribution in [3.8, 4) is 0 Å². The molecule has 1 unspecified atom stereocenters. The second kappa shape index (κ2) is 9.31. The Bertz CT molecular complexity index is 1290. The molecule has 7 nitrogen and oxygen atoms in total. The highest BCUT2D eigenvalue weighted by Crippen LogP contribution is 2.34. The molecule has 3 heterocycles. The zero-order valence-corrected chi connectivity index (χ0v) is 20.6. The number of pyridine rings is 1. The van der Waals surface area contributed by atoms with Crippen molar-refractivity contribution < 1.29 is 0 Å². The minimum absolute atomic E-state index is 0.00994. The Kier molecular flexibility index (Phi) is 6.23. The molecule has 0 saturated carbocycles. The van der Waals surface area contributed by atoms with E-state index in [1.54, 1.807) is 6.20 Å². The number of hydrogen-bond donors (Lipinski definition) is 1. The van der Waals surface area contributed by atoms with Crippen LogP contribution in [0.4, 0.5) is 11.4 Å².